The molecule has 46 heavy (non-hydrogen) atoms. The summed E-state index contributed by atoms with van der Waals surface area (Å²) in [6, 6.07) is 17.2. The molecule has 0 saturated heterocycles. The van der Waals surface area contributed by atoms with Crippen LogP contribution in [0.3, 0.4) is 0 Å². The molecule has 1 atom stereocenters. The molecule has 1 heterocycles. The Hall–Kier alpha value is -4.95. The number of ether oxygens (including phenoxy) is 1. The van der Waals surface area contributed by atoms with Gasteiger partial charge in [0.1, 0.15) is 5.75 Å². The predicted molar refractivity (Wildman–Crippen MR) is 167 cm³/mol. The summed E-state index contributed by atoms with van der Waals surface area (Å²) >= 11 is 0.845. The van der Waals surface area contributed by atoms with Crippen molar-refractivity contribution in [3.63, 3.8) is 0 Å². The third kappa shape index (κ3) is 8.20. The molecule has 0 aliphatic heterocycles. The smallest absolute Gasteiger partial charge is 0.479 e. The van der Waals surface area contributed by atoms with Crippen LogP contribution in [-0.4, -0.2) is 52.1 Å². The fourth-order valence-corrected chi connectivity index (χ4v) is 5.80. The number of carboxylic acids is 1. The maximum absolute atomic E-state index is 13.7. The van der Waals surface area contributed by atoms with E-state index in [2.05, 4.69) is 26.4 Å². The lowest BCUT2D eigenvalue weighted by Crippen LogP contribution is -2.36. The highest BCUT2D eigenvalue weighted by molar-refractivity contribution is 7.22. The number of thiazole rings is 1. The van der Waals surface area contributed by atoms with E-state index in [4.69, 9.17) is 5.11 Å². The summed E-state index contributed by atoms with van der Waals surface area (Å²) in [5.41, 5.74) is 3.92. The van der Waals surface area contributed by atoms with Crippen molar-refractivity contribution in [1.82, 2.24) is 10.3 Å². The molecule has 14 heteroatoms. The van der Waals surface area contributed by atoms with Crippen molar-refractivity contribution in [1.29, 1.82) is 0 Å². The maximum Gasteiger partial charge on any atom is 0.573 e. The second-order valence-electron chi connectivity index (χ2n) is 10.5. The number of fused-ring (bicyclic) bond motifs is 1. The van der Waals surface area contributed by atoms with Crippen LogP contribution >= 0.6 is 11.3 Å². The van der Waals surface area contributed by atoms with Crippen LogP contribution in [0.4, 0.5) is 28.8 Å². The lowest BCUT2D eigenvalue weighted by Gasteiger charge is -2.24. The van der Waals surface area contributed by atoms with Crippen LogP contribution < -0.4 is 20.3 Å². The molecule has 240 valence electrons. The van der Waals surface area contributed by atoms with Gasteiger partial charge in [0.2, 0.25) is 0 Å². The minimum Gasteiger partial charge on any atom is -0.479 e. The van der Waals surface area contributed by atoms with Crippen molar-refractivity contribution in [2.45, 2.75) is 44.7 Å². The molecule has 3 amide bonds. The summed E-state index contributed by atoms with van der Waals surface area (Å²) in [5.74, 6) is -2.47. The molecule has 0 fully saturated rings. The normalized spacial score (nSPS) is 13.9. The minimum atomic E-state index is -4.89. The Balaban J connectivity index is 1.38. The zero-order valence-electron chi connectivity index (χ0n) is 24.2. The second-order valence-corrected chi connectivity index (χ2v) is 11.5. The number of anilines is 2. The number of alkyl halides is 3. The third-order valence-corrected chi connectivity index (χ3v) is 8.20. The van der Waals surface area contributed by atoms with Crippen molar-refractivity contribution < 1.29 is 42.5 Å². The molecular formula is C32H29F3N4O6S. The van der Waals surface area contributed by atoms with Gasteiger partial charge in [-0.25, -0.2) is 14.6 Å². The summed E-state index contributed by atoms with van der Waals surface area (Å²) in [6.45, 7) is -0.410. The molecule has 0 radical (unpaired) electrons. The average Bonchev–Trinajstić information content (AvgIpc) is 3.46. The number of amides is 3. The van der Waals surface area contributed by atoms with Crippen LogP contribution in [0.1, 0.15) is 47.2 Å². The highest BCUT2D eigenvalue weighted by Gasteiger charge is 2.32. The second kappa shape index (κ2) is 14.0. The first-order valence-electron chi connectivity index (χ1n) is 14.3. The molecule has 0 saturated carbocycles. The van der Waals surface area contributed by atoms with Crippen LogP contribution in [0.15, 0.2) is 72.8 Å². The van der Waals surface area contributed by atoms with Gasteiger partial charge in [0.15, 0.2) is 11.2 Å². The number of nitrogens with one attached hydrogen (secondary N) is 2. The Bertz CT molecular complexity index is 1760. The topological polar surface area (TPSA) is 141 Å². The van der Waals surface area contributed by atoms with Crippen LogP contribution in [0.5, 0.6) is 5.75 Å². The van der Waals surface area contributed by atoms with E-state index in [1.807, 2.05) is 24.3 Å². The number of aromatic nitrogens is 1. The van der Waals surface area contributed by atoms with Gasteiger partial charge in [0, 0.05) is 11.3 Å². The SMILES string of the molecule is O=C(NC[C@@H](O)C(=O)O)c1ccc(CN(C(=O)Nc2nc3cccc(OC(F)(F)F)c3s2)c2ccc(C3=CCCCC3)cc2)cc1. The van der Waals surface area contributed by atoms with Gasteiger partial charge < -0.3 is 20.3 Å². The van der Waals surface area contributed by atoms with Crippen molar-refractivity contribution in [2.75, 3.05) is 16.8 Å². The van der Waals surface area contributed by atoms with E-state index in [1.54, 1.807) is 12.1 Å². The van der Waals surface area contributed by atoms with Gasteiger partial charge in [0.05, 0.1) is 23.3 Å². The van der Waals surface area contributed by atoms with Crippen molar-refractivity contribution in [3.8, 4) is 5.75 Å². The van der Waals surface area contributed by atoms with E-state index in [-0.39, 0.29) is 27.5 Å². The summed E-state index contributed by atoms with van der Waals surface area (Å²) in [6.07, 6.45) is -0.186. The highest BCUT2D eigenvalue weighted by Crippen LogP contribution is 2.37. The van der Waals surface area contributed by atoms with Gasteiger partial charge >= 0.3 is 18.4 Å². The van der Waals surface area contributed by atoms with Crippen LogP contribution in [0.25, 0.3) is 15.8 Å². The van der Waals surface area contributed by atoms with E-state index < -0.39 is 42.7 Å². The number of nitrogens with zero attached hydrogens (tertiary/aromatic N) is 2. The quantitative estimate of drug-likeness (QED) is 0.152. The van der Waals surface area contributed by atoms with Gasteiger partial charge in [-0.15, -0.1) is 13.2 Å². The number of aliphatic carboxylic acids is 1. The molecule has 1 aliphatic rings. The first-order valence-corrected chi connectivity index (χ1v) is 15.1. The number of allylic oxidation sites excluding steroid dienone is 2. The van der Waals surface area contributed by atoms with Crippen molar-refractivity contribution in [3.05, 3.63) is 89.5 Å². The van der Waals surface area contributed by atoms with Crippen molar-refractivity contribution >= 4 is 55.9 Å². The van der Waals surface area contributed by atoms with Gasteiger partial charge in [-0.2, -0.15) is 0 Å². The number of hydrogen-bond acceptors (Lipinski definition) is 7. The Labute approximate surface area is 265 Å². The summed E-state index contributed by atoms with van der Waals surface area (Å²) in [4.78, 5) is 42.6. The monoisotopic (exact) mass is 654 g/mol. The van der Waals surface area contributed by atoms with E-state index in [0.717, 1.165) is 42.6 Å². The number of benzene rings is 3. The van der Waals surface area contributed by atoms with Crippen LogP contribution in [0, 0.1) is 0 Å². The molecule has 5 rings (SSSR count). The molecule has 10 nitrogen and oxygen atoms in total. The number of urea groups is 1. The lowest BCUT2D eigenvalue weighted by molar-refractivity contribution is -0.274. The molecule has 0 unspecified atom stereocenters. The molecule has 0 bridgehead atoms. The summed E-state index contributed by atoms with van der Waals surface area (Å²) in [5, 5.41) is 23.3. The zero-order chi connectivity index (χ0) is 32.8. The highest BCUT2D eigenvalue weighted by atomic mass is 32.1. The molecule has 3 aromatic carbocycles. The zero-order valence-corrected chi connectivity index (χ0v) is 25.0. The number of rotatable bonds is 10. The molecule has 1 aliphatic carbocycles. The van der Waals surface area contributed by atoms with E-state index in [9.17, 15) is 32.7 Å². The largest absolute Gasteiger partial charge is 0.573 e. The first-order chi connectivity index (χ1) is 22.0. The minimum absolute atomic E-state index is 0.0564. The predicted octanol–water partition coefficient (Wildman–Crippen LogP) is 6.57. The molecule has 4 N–H and O–H groups in total. The number of halogens is 3. The number of carboxylic acid groups (broad SMARTS) is 1. The number of carbonyl (C=O) groups excluding carboxylic acids is 2. The Morgan fingerprint density at radius 2 is 1.76 bits per heavy atom. The summed E-state index contributed by atoms with van der Waals surface area (Å²) < 4.78 is 43.0. The van der Waals surface area contributed by atoms with Gasteiger partial charge in [-0.1, -0.05) is 47.7 Å². The third-order valence-electron chi connectivity index (χ3n) is 7.20. The van der Waals surface area contributed by atoms with E-state index in [0.29, 0.717) is 11.3 Å². The van der Waals surface area contributed by atoms with Crippen LogP contribution in [0.2, 0.25) is 0 Å². The lowest BCUT2D eigenvalue weighted by atomic mass is 9.93. The molecule has 0 spiro atoms. The fraction of sp³-hybridized carbons (Fsp3) is 0.250. The molecule has 4 aromatic rings. The number of aliphatic hydroxyl groups excluding tert-OH is 1. The van der Waals surface area contributed by atoms with Crippen molar-refractivity contribution in [2.24, 2.45) is 0 Å². The van der Waals surface area contributed by atoms with Gasteiger partial charge in [0.25, 0.3) is 5.91 Å². The summed E-state index contributed by atoms with van der Waals surface area (Å²) in [7, 11) is 0. The average molecular weight is 655 g/mol. The Morgan fingerprint density at radius 1 is 1.02 bits per heavy atom. The molecule has 1 aromatic heterocycles. The Kier molecular flexibility index (Phi) is 9.87. The molecular weight excluding hydrogens is 625 g/mol. The first kappa shape index (κ1) is 32.4. The van der Waals surface area contributed by atoms with E-state index >= 15 is 0 Å². The van der Waals surface area contributed by atoms with Crippen LogP contribution in [-0.2, 0) is 11.3 Å². The number of carbonyl (C=O) groups is 3. The fourth-order valence-electron chi connectivity index (χ4n) is 4.90. The maximum atomic E-state index is 13.7. The Morgan fingerprint density at radius 3 is 2.41 bits per heavy atom. The standard InChI is InChI=1S/C32H29F3N4O6S/c33-32(34,35)45-26-8-4-7-24-27(26)46-30(37-24)38-31(44)39(23-15-13-21(14-16-23)20-5-2-1-3-6-20)18-19-9-11-22(12-10-19)28(41)36-17-25(40)29(42)43/h4-5,7-16,25,40H,1-3,6,17-18H2,(H,36,41)(H,42,43)(H,37,38,44)/t25-/m1/s1. The van der Waals surface area contributed by atoms with Gasteiger partial charge in [-0.3, -0.25) is 15.0 Å². The van der Waals surface area contributed by atoms with Gasteiger partial charge in [-0.05, 0) is 78.8 Å². The number of hydrogen-bond donors (Lipinski definition) is 4. The van der Waals surface area contributed by atoms with E-state index in [1.165, 1.54) is 40.8 Å². The number of aliphatic hydroxyl groups is 1.